The number of hydrogen-bond donors (Lipinski definition) is 4. The van der Waals surface area contributed by atoms with Crippen molar-refractivity contribution in [2.75, 3.05) is 39.3 Å². The zero-order valence-corrected chi connectivity index (χ0v) is 12.5. The van der Waals surface area contributed by atoms with E-state index in [1.54, 1.807) is 0 Å². The topological polar surface area (TPSA) is 91.7 Å². The summed E-state index contributed by atoms with van der Waals surface area (Å²) in [4.78, 5) is 6.58. The molecule has 0 bridgehead atoms. The van der Waals surface area contributed by atoms with E-state index < -0.39 is 0 Å². The second-order valence-electron chi connectivity index (χ2n) is 5.29. The fourth-order valence-electron chi connectivity index (χ4n) is 2.45. The van der Waals surface area contributed by atoms with Crippen LogP contribution in [0.15, 0.2) is 29.3 Å². The Morgan fingerprint density at radius 2 is 1.62 bits per heavy atom. The molecule has 2 rings (SSSR count). The minimum atomic E-state index is 0.140. The second-order valence-corrected chi connectivity index (χ2v) is 5.29. The van der Waals surface area contributed by atoms with Gasteiger partial charge in [-0.25, -0.2) is 4.99 Å². The summed E-state index contributed by atoms with van der Waals surface area (Å²) in [6.45, 7) is 7.71. The summed E-state index contributed by atoms with van der Waals surface area (Å²) in [5, 5.41) is 6.88. The maximum Gasteiger partial charge on any atom is 0.186 e. The highest BCUT2D eigenvalue weighted by atomic mass is 15.2. The molecule has 0 saturated carbocycles. The lowest BCUT2D eigenvalue weighted by molar-refractivity contribution is 0.272. The molecule has 1 fully saturated rings. The molecule has 6 nitrogen and oxygen atoms in total. The average Bonchev–Trinajstić information content (AvgIpc) is 2.60. The molecule has 0 atom stereocenters. The highest BCUT2D eigenvalue weighted by molar-refractivity contribution is 5.75. The summed E-state index contributed by atoms with van der Waals surface area (Å²) in [5.41, 5.74) is 13.3. The zero-order chi connectivity index (χ0) is 14.9. The maximum atomic E-state index is 5.43. The molecule has 6 heteroatoms. The van der Waals surface area contributed by atoms with E-state index in [1.807, 2.05) is 6.07 Å². The minimum Gasteiger partial charge on any atom is -0.370 e. The van der Waals surface area contributed by atoms with Gasteiger partial charge in [0.25, 0.3) is 0 Å². The van der Waals surface area contributed by atoms with E-state index in [4.69, 9.17) is 11.5 Å². The van der Waals surface area contributed by atoms with Crippen LogP contribution in [0.2, 0.25) is 0 Å². The first-order valence-corrected chi connectivity index (χ1v) is 7.51. The van der Waals surface area contributed by atoms with E-state index in [9.17, 15) is 0 Å². The lowest BCUT2D eigenvalue weighted by Crippen LogP contribution is -2.33. The molecular weight excluding hydrogens is 264 g/mol. The molecule has 1 aliphatic heterocycles. The maximum absolute atomic E-state index is 5.43. The average molecular weight is 290 g/mol. The lowest BCUT2D eigenvalue weighted by Gasteiger charge is -2.22. The summed E-state index contributed by atoms with van der Waals surface area (Å²) in [7, 11) is 0. The van der Waals surface area contributed by atoms with Crippen molar-refractivity contribution in [1.82, 2.24) is 15.5 Å². The Morgan fingerprint density at radius 1 is 1.00 bits per heavy atom. The molecule has 0 amide bonds. The highest BCUT2D eigenvalue weighted by Gasteiger charge is 2.10. The van der Waals surface area contributed by atoms with E-state index in [-0.39, 0.29) is 5.96 Å². The summed E-state index contributed by atoms with van der Waals surface area (Å²) in [6.07, 6.45) is 0. The SMILES string of the molecule is NC(N)=NCc1ccccc1CN1CCNCCNCC1. The Morgan fingerprint density at radius 3 is 2.24 bits per heavy atom. The van der Waals surface area contributed by atoms with Crippen molar-refractivity contribution in [2.45, 2.75) is 13.1 Å². The van der Waals surface area contributed by atoms with Crippen LogP contribution in [0.5, 0.6) is 0 Å². The first-order valence-electron chi connectivity index (χ1n) is 7.51. The van der Waals surface area contributed by atoms with Gasteiger partial charge < -0.3 is 22.1 Å². The van der Waals surface area contributed by atoms with Crippen molar-refractivity contribution in [3.63, 3.8) is 0 Å². The highest BCUT2D eigenvalue weighted by Crippen LogP contribution is 2.13. The smallest absolute Gasteiger partial charge is 0.186 e. The first kappa shape index (κ1) is 15.8. The van der Waals surface area contributed by atoms with Crippen molar-refractivity contribution >= 4 is 5.96 Å². The van der Waals surface area contributed by atoms with Crippen molar-refractivity contribution in [1.29, 1.82) is 0 Å². The summed E-state index contributed by atoms with van der Waals surface area (Å²) in [6, 6.07) is 8.35. The molecule has 0 aromatic heterocycles. The van der Waals surface area contributed by atoms with Gasteiger partial charge in [-0.05, 0) is 11.1 Å². The summed E-state index contributed by atoms with van der Waals surface area (Å²) in [5.74, 6) is 0.140. The number of guanidine groups is 1. The van der Waals surface area contributed by atoms with Crippen LogP contribution in [-0.4, -0.2) is 50.1 Å². The fraction of sp³-hybridized carbons (Fsp3) is 0.533. The molecule has 0 spiro atoms. The van der Waals surface area contributed by atoms with E-state index in [2.05, 4.69) is 38.7 Å². The van der Waals surface area contributed by atoms with Gasteiger partial charge in [0.2, 0.25) is 0 Å². The van der Waals surface area contributed by atoms with E-state index >= 15 is 0 Å². The van der Waals surface area contributed by atoms with E-state index in [0.717, 1.165) is 45.8 Å². The van der Waals surface area contributed by atoms with Crippen LogP contribution in [0.4, 0.5) is 0 Å². The standard InChI is InChI=1S/C15H26N6/c16-15(17)20-11-13-3-1-2-4-14(13)12-21-9-7-18-5-6-19-8-10-21/h1-4,18-19H,5-12H2,(H4,16,17,20). The van der Waals surface area contributed by atoms with Gasteiger partial charge in [0.1, 0.15) is 0 Å². The summed E-state index contributed by atoms with van der Waals surface area (Å²) >= 11 is 0. The molecule has 0 unspecified atom stereocenters. The fourth-order valence-corrected chi connectivity index (χ4v) is 2.45. The third kappa shape index (κ3) is 5.71. The molecule has 1 aliphatic rings. The van der Waals surface area contributed by atoms with Crippen molar-refractivity contribution in [3.05, 3.63) is 35.4 Å². The van der Waals surface area contributed by atoms with Crippen LogP contribution >= 0.6 is 0 Å². The van der Waals surface area contributed by atoms with Crippen LogP contribution in [0.3, 0.4) is 0 Å². The molecule has 1 aromatic carbocycles. The van der Waals surface area contributed by atoms with Crippen LogP contribution in [0, 0.1) is 0 Å². The van der Waals surface area contributed by atoms with Crippen molar-refractivity contribution in [2.24, 2.45) is 16.5 Å². The second kappa shape index (κ2) is 8.61. The lowest BCUT2D eigenvalue weighted by atomic mass is 10.1. The van der Waals surface area contributed by atoms with Crippen LogP contribution < -0.4 is 22.1 Å². The van der Waals surface area contributed by atoms with Crippen molar-refractivity contribution < 1.29 is 0 Å². The number of nitrogens with one attached hydrogen (secondary N) is 2. The molecule has 0 aliphatic carbocycles. The molecule has 1 aromatic rings. The molecule has 0 radical (unpaired) electrons. The van der Waals surface area contributed by atoms with Gasteiger partial charge in [0, 0.05) is 45.8 Å². The number of hydrogen-bond acceptors (Lipinski definition) is 4. The van der Waals surface area contributed by atoms with Crippen LogP contribution in [0.25, 0.3) is 0 Å². The molecule has 1 heterocycles. The zero-order valence-electron chi connectivity index (χ0n) is 12.5. The van der Waals surface area contributed by atoms with Gasteiger partial charge >= 0.3 is 0 Å². The Hall–Kier alpha value is -1.63. The Labute approximate surface area is 126 Å². The molecule has 21 heavy (non-hydrogen) atoms. The third-order valence-corrected chi connectivity index (χ3v) is 3.63. The van der Waals surface area contributed by atoms with Crippen LogP contribution in [0.1, 0.15) is 11.1 Å². The number of rotatable bonds is 4. The number of nitrogens with two attached hydrogens (primary N) is 2. The van der Waals surface area contributed by atoms with Crippen LogP contribution in [-0.2, 0) is 13.1 Å². The monoisotopic (exact) mass is 290 g/mol. The minimum absolute atomic E-state index is 0.140. The largest absolute Gasteiger partial charge is 0.370 e. The predicted molar refractivity (Wildman–Crippen MR) is 87.0 cm³/mol. The van der Waals surface area contributed by atoms with Gasteiger partial charge in [-0.15, -0.1) is 0 Å². The van der Waals surface area contributed by atoms with Gasteiger partial charge in [-0.2, -0.15) is 0 Å². The number of nitrogens with zero attached hydrogens (tertiary/aromatic N) is 2. The predicted octanol–water partition coefficient (Wildman–Crippen LogP) is -0.545. The Bertz CT molecular complexity index is 445. The van der Waals surface area contributed by atoms with E-state index in [0.29, 0.717) is 6.54 Å². The number of aliphatic imine (C=N–C) groups is 1. The third-order valence-electron chi connectivity index (χ3n) is 3.63. The quantitative estimate of drug-likeness (QED) is 0.441. The molecule has 116 valence electrons. The normalized spacial score (nSPS) is 17.5. The first-order chi connectivity index (χ1) is 10.3. The van der Waals surface area contributed by atoms with Gasteiger partial charge in [0.15, 0.2) is 5.96 Å². The Kier molecular flexibility index (Phi) is 6.46. The van der Waals surface area contributed by atoms with Gasteiger partial charge in [0.05, 0.1) is 6.54 Å². The van der Waals surface area contributed by atoms with E-state index in [1.165, 1.54) is 11.1 Å². The van der Waals surface area contributed by atoms with Gasteiger partial charge in [-0.1, -0.05) is 24.3 Å². The van der Waals surface area contributed by atoms with Crippen molar-refractivity contribution in [3.8, 4) is 0 Å². The molecule has 1 saturated heterocycles. The van der Waals surface area contributed by atoms with Gasteiger partial charge in [-0.3, -0.25) is 4.90 Å². The summed E-state index contributed by atoms with van der Waals surface area (Å²) < 4.78 is 0. The Balaban J connectivity index is 2.01. The molecule has 6 N–H and O–H groups in total. The molecular formula is C15H26N6. The number of benzene rings is 1.